The van der Waals surface area contributed by atoms with Crippen molar-refractivity contribution in [3.8, 4) is 11.1 Å². The highest BCUT2D eigenvalue weighted by Crippen LogP contribution is 2.37. The van der Waals surface area contributed by atoms with Crippen molar-refractivity contribution < 1.29 is 28.4 Å². The zero-order chi connectivity index (χ0) is 40.1. The van der Waals surface area contributed by atoms with E-state index in [4.69, 9.17) is 0 Å². The highest BCUT2D eigenvalue weighted by molar-refractivity contribution is 6.25. The lowest BCUT2D eigenvalue weighted by atomic mass is 9.91. The van der Waals surface area contributed by atoms with Crippen molar-refractivity contribution in [2.45, 2.75) is 70.0 Å². The smallest absolute Gasteiger partial charge is 0.264 e. The average molecular weight is 786 g/mol. The molecular weight excluding hydrogens is 742 g/mol. The van der Waals surface area contributed by atoms with Crippen LogP contribution >= 0.6 is 0 Å². The van der Waals surface area contributed by atoms with Crippen LogP contribution in [0.2, 0.25) is 0 Å². The number of carbonyl (C=O) groups excluding carboxylic acids is 5. The third-order valence-electron chi connectivity index (χ3n) is 12.2. The summed E-state index contributed by atoms with van der Waals surface area (Å²) < 4.78 is 17.2. The second-order valence-electron chi connectivity index (χ2n) is 15.9. The molecular formula is C43H44FN9O5. The number of anilines is 2. The summed E-state index contributed by atoms with van der Waals surface area (Å²) in [6.07, 6.45) is 11.5. The summed E-state index contributed by atoms with van der Waals surface area (Å²) in [4.78, 5) is 77.5. The van der Waals surface area contributed by atoms with Crippen LogP contribution in [0.15, 0.2) is 67.1 Å². The second-order valence-corrected chi connectivity index (χ2v) is 15.9. The van der Waals surface area contributed by atoms with Crippen LogP contribution < -0.4 is 15.5 Å². The maximum atomic E-state index is 15.3. The standard InChI is InChI=1S/C43H44FN9O5/c1-50-15-4-8-34(50)33-20-27-22-45-37(21-32(27)47-33)48-40(55)29-10-9-26(19-31(29)44)28-23-46-52(24-28)16-3-5-25-13-17-51(18-14-25)35-7-2-6-30-39(35)43(58)53(42(30)57)36-11-12-38(54)49-41(36)56/h2,6-7,9-10,19-25,34,36,47H,3-5,8,11-18H2,1H3,(H,45,48,55)(H,49,54,56)/t34-,36?/m1/s1. The number of fused-ring (bicyclic) bond motifs is 2. The van der Waals surface area contributed by atoms with Gasteiger partial charge in [0.15, 0.2) is 0 Å². The number of carbonyl (C=O) groups is 5. The maximum Gasteiger partial charge on any atom is 0.264 e. The van der Waals surface area contributed by atoms with Crippen LogP contribution in [0.25, 0.3) is 22.0 Å². The van der Waals surface area contributed by atoms with Gasteiger partial charge < -0.3 is 15.2 Å². The normalized spacial score (nSPS) is 20.3. The fourth-order valence-corrected chi connectivity index (χ4v) is 9.06. The van der Waals surface area contributed by atoms with Gasteiger partial charge in [-0.15, -0.1) is 0 Å². The van der Waals surface area contributed by atoms with Gasteiger partial charge in [0.05, 0.1) is 34.1 Å². The molecule has 0 aliphatic carbocycles. The Hall–Kier alpha value is -6.22. The molecule has 0 spiro atoms. The number of H-pyrrole nitrogens is 1. The van der Waals surface area contributed by atoms with Crippen LogP contribution in [0.5, 0.6) is 0 Å². The van der Waals surface area contributed by atoms with Crippen LogP contribution in [0, 0.1) is 11.7 Å². The molecule has 3 aromatic heterocycles. The van der Waals surface area contributed by atoms with Crippen molar-refractivity contribution in [2.75, 3.05) is 36.9 Å². The van der Waals surface area contributed by atoms with Crippen LogP contribution in [0.3, 0.4) is 0 Å². The molecule has 0 bridgehead atoms. The molecule has 58 heavy (non-hydrogen) atoms. The van der Waals surface area contributed by atoms with E-state index in [1.165, 1.54) is 12.1 Å². The van der Waals surface area contributed by atoms with E-state index in [9.17, 15) is 24.0 Å². The van der Waals surface area contributed by atoms with Gasteiger partial charge in [-0.2, -0.15) is 5.10 Å². The topological polar surface area (TPSA) is 166 Å². The van der Waals surface area contributed by atoms with Gasteiger partial charge in [0.1, 0.15) is 17.7 Å². The molecule has 5 aromatic rings. The molecule has 7 heterocycles. The number of piperidine rings is 2. The fraction of sp³-hybridized carbons (Fsp3) is 0.372. The molecule has 2 aromatic carbocycles. The quantitative estimate of drug-likeness (QED) is 0.151. The predicted molar refractivity (Wildman–Crippen MR) is 214 cm³/mol. The first kappa shape index (κ1) is 37.4. The van der Waals surface area contributed by atoms with E-state index in [1.54, 1.807) is 36.7 Å². The Morgan fingerprint density at radius 1 is 0.931 bits per heavy atom. The fourth-order valence-electron chi connectivity index (χ4n) is 9.06. The summed E-state index contributed by atoms with van der Waals surface area (Å²) in [6.45, 7) is 3.21. The van der Waals surface area contributed by atoms with Crippen LogP contribution in [0.1, 0.15) is 94.2 Å². The number of benzene rings is 2. The maximum absolute atomic E-state index is 15.3. The molecule has 15 heteroatoms. The number of nitrogens with one attached hydrogen (secondary N) is 3. The molecule has 3 saturated heterocycles. The lowest BCUT2D eigenvalue weighted by Gasteiger charge is -2.34. The van der Waals surface area contributed by atoms with E-state index in [0.29, 0.717) is 41.1 Å². The van der Waals surface area contributed by atoms with E-state index in [2.05, 4.69) is 48.6 Å². The molecule has 3 fully saturated rings. The molecule has 2 atom stereocenters. The highest BCUT2D eigenvalue weighted by atomic mass is 19.1. The zero-order valence-corrected chi connectivity index (χ0v) is 32.2. The lowest BCUT2D eigenvalue weighted by Crippen LogP contribution is -2.54. The number of aryl methyl sites for hydroxylation is 1. The molecule has 3 N–H and O–H groups in total. The van der Waals surface area contributed by atoms with Crippen LogP contribution in [-0.2, 0) is 16.1 Å². The number of aromatic nitrogens is 4. The van der Waals surface area contributed by atoms with Crippen molar-refractivity contribution in [3.63, 3.8) is 0 Å². The number of nitrogens with zero attached hydrogens (tertiary/aromatic N) is 6. The van der Waals surface area contributed by atoms with Crippen molar-refractivity contribution in [3.05, 3.63) is 95.3 Å². The first-order valence-electron chi connectivity index (χ1n) is 20.0. The largest absolute Gasteiger partial charge is 0.371 e. The lowest BCUT2D eigenvalue weighted by molar-refractivity contribution is -0.136. The first-order chi connectivity index (χ1) is 28.1. The summed E-state index contributed by atoms with van der Waals surface area (Å²) in [5, 5.41) is 10.5. The number of hydrogen-bond acceptors (Lipinski definition) is 9. The summed E-state index contributed by atoms with van der Waals surface area (Å²) in [7, 11) is 2.12. The predicted octanol–water partition coefficient (Wildman–Crippen LogP) is 5.68. The molecule has 4 aliphatic heterocycles. The van der Waals surface area contributed by atoms with E-state index >= 15 is 4.39 Å². The highest BCUT2D eigenvalue weighted by Gasteiger charge is 2.46. The summed E-state index contributed by atoms with van der Waals surface area (Å²) in [6, 6.07) is 13.0. The molecule has 4 aliphatic rings. The Labute approximate surface area is 333 Å². The number of amides is 5. The average Bonchev–Trinajstić information content (AvgIpc) is 4.02. The molecule has 0 saturated carbocycles. The molecule has 1 unspecified atom stereocenters. The van der Waals surface area contributed by atoms with E-state index in [-0.39, 0.29) is 24.0 Å². The molecule has 9 rings (SSSR count). The van der Waals surface area contributed by atoms with Crippen molar-refractivity contribution in [2.24, 2.45) is 5.92 Å². The zero-order valence-electron chi connectivity index (χ0n) is 32.2. The van der Waals surface area contributed by atoms with Crippen molar-refractivity contribution in [1.82, 2.24) is 34.9 Å². The van der Waals surface area contributed by atoms with Gasteiger partial charge in [0.2, 0.25) is 11.8 Å². The van der Waals surface area contributed by atoms with Gasteiger partial charge in [-0.3, -0.25) is 43.8 Å². The number of pyridine rings is 1. The summed E-state index contributed by atoms with van der Waals surface area (Å²) >= 11 is 0. The summed E-state index contributed by atoms with van der Waals surface area (Å²) in [5.74, 6) is -2.41. The third kappa shape index (κ3) is 7.03. The van der Waals surface area contributed by atoms with Gasteiger partial charge in [-0.1, -0.05) is 12.1 Å². The minimum atomic E-state index is -0.997. The Kier molecular flexibility index (Phi) is 9.84. The minimum Gasteiger partial charge on any atom is -0.371 e. The number of imide groups is 2. The Morgan fingerprint density at radius 3 is 2.55 bits per heavy atom. The van der Waals surface area contributed by atoms with E-state index < -0.39 is 41.4 Å². The molecule has 298 valence electrons. The number of likely N-dealkylation sites (tertiary alicyclic amines) is 1. The van der Waals surface area contributed by atoms with E-state index in [0.717, 1.165) is 85.2 Å². The van der Waals surface area contributed by atoms with Crippen LogP contribution in [0.4, 0.5) is 15.9 Å². The Morgan fingerprint density at radius 2 is 1.78 bits per heavy atom. The molecule has 0 radical (unpaired) electrons. The Bertz CT molecular complexity index is 2470. The van der Waals surface area contributed by atoms with E-state index in [1.807, 2.05) is 16.9 Å². The first-order valence-corrected chi connectivity index (χ1v) is 20.0. The minimum absolute atomic E-state index is 0.0743. The number of aromatic amines is 1. The monoisotopic (exact) mass is 785 g/mol. The molecule has 5 amide bonds. The number of hydrogen-bond donors (Lipinski definition) is 3. The van der Waals surface area contributed by atoms with Crippen LogP contribution in [-0.4, -0.2) is 91.8 Å². The third-order valence-corrected chi connectivity index (χ3v) is 12.2. The van der Waals surface area contributed by atoms with Gasteiger partial charge in [-0.25, -0.2) is 9.37 Å². The van der Waals surface area contributed by atoms with Gasteiger partial charge >= 0.3 is 0 Å². The second kappa shape index (κ2) is 15.3. The Balaban J connectivity index is 0.766. The number of rotatable bonds is 10. The number of halogens is 1. The summed E-state index contributed by atoms with van der Waals surface area (Å²) in [5.41, 5.74) is 4.60. The van der Waals surface area contributed by atoms with Gasteiger partial charge in [-0.05, 0) is 100 Å². The van der Waals surface area contributed by atoms with Gasteiger partial charge in [0.25, 0.3) is 17.7 Å². The van der Waals surface area contributed by atoms with Crippen molar-refractivity contribution >= 4 is 51.9 Å². The molecule has 14 nitrogen and oxygen atoms in total. The van der Waals surface area contributed by atoms with Crippen molar-refractivity contribution in [1.29, 1.82) is 0 Å². The SMILES string of the molecule is CN1CCC[C@@H]1c1cc2cnc(NC(=O)c3ccc(-c4cnn(CCCC5CCN(c6cccc7c6C(=O)N(C6CCC(=O)NC6=O)C7=O)CC5)c4)cc3F)cc2[nH]1. The van der Waals surface area contributed by atoms with Gasteiger partial charge in [0, 0.05) is 67.2 Å².